The molecule has 2 aromatic carbocycles. The number of pyridine rings is 1. The molecule has 0 saturated carbocycles. The third-order valence-electron chi connectivity index (χ3n) is 5.22. The van der Waals surface area contributed by atoms with Gasteiger partial charge in [-0.05, 0) is 36.8 Å². The van der Waals surface area contributed by atoms with Gasteiger partial charge in [-0.1, -0.05) is 30.3 Å². The molecule has 10 heteroatoms. The van der Waals surface area contributed by atoms with Crippen molar-refractivity contribution >= 4 is 16.9 Å². The first-order valence-corrected chi connectivity index (χ1v) is 10.3. The number of hydrogen-bond donors (Lipinski definition) is 1. The number of amides is 1. The van der Waals surface area contributed by atoms with Gasteiger partial charge in [-0.15, -0.1) is 0 Å². The predicted octanol–water partition coefficient (Wildman–Crippen LogP) is 5.05. The Morgan fingerprint density at radius 3 is 2.44 bits per heavy atom. The lowest BCUT2D eigenvalue weighted by molar-refractivity contribution is -0.136. The number of aryl methyl sites for hydroxylation is 1. The van der Waals surface area contributed by atoms with Crippen molar-refractivity contribution < 1.29 is 27.1 Å². The van der Waals surface area contributed by atoms with Gasteiger partial charge in [0.2, 0.25) is 5.88 Å². The molecular weight excluding hydrogens is 452 g/mol. The molecule has 0 radical (unpaired) electrons. The Kier molecular flexibility index (Phi) is 6.23. The molecule has 0 unspecified atom stereocenters. The molecule has 1 atom stereocenters. The number of hydrogen-bond acceptors (Lipinski definition) is 4. The molecule has 1 amide bonds. The third kappa shape index (κ3) is 4.85. The molecule has 34 heavy (non-hydrogen) atoms. The Labute approximate surface area is 192 Å². The molecule has 0 fully saturated rings. The topological polar surface area (TPSA) is 69.0 Å². The van der Waals surface area contributed by atoms with Crippen LogP contribution in [0.15, 0.2) is 60.7 Å². The van der Waals surface area contributed by atoms with Crippen molar-refractivity contribution in [3.05, 3.63) is 77.6 Å². The van der Waals surface area contributed by atoms with E-state index in [0.29, 0.717) is 5.56 Å². The third-order valence-corrected chi connectivity index (χ3v) is 5.22. The monoisotopic (exact) mass is 472 g/mol. The van der Waals surface area contributed by atoms with Gasteiger partial charge in [0.15, 0.2) is 12.3 Å². The zero-order valence-corrected chi connectivity index (χ0v) is 18.2. The minimum atomic E-state index is -4.75. The van der Waals surface area contributed by atoms with Crippen LogP contribution in [0.4, 0.5) is 17.6 Å². The number of halogens is 4. The number of alkyl halides is 3. The summed E-state index contributed by atoms with van der Waals surface area (Å²) >= 11 is 0. The first-order chi connectivity index (χ1) is 16.1. The van der Waals surface area contributed by atoms with Crippen LogP contribution in [-0.2, 0) is 18.0 Å². The zero-order chi connectivity index (χ0) is 24.5. The van der Waals surface area contributed by atoms with Gasteiger partial charge in [-0.25, -0.2) is 9.07 Å². The number of nitrogens with zero attached hydrogens (tertiary/aromatic N) is 3. The van der Waals surface area contributed by atoms with Crippen LogP contribution >= 0.6 is 0 Å². The number of ether oxygens (including phenoxy) is 1. The van der Waals surface area contributed by atoms with Crippen LogP contribution in [0.1, 0.15) is 24.1 Å². The molecule has 0 aliphatic heterocycles. The van der Waals surface area contributed by atoms with Crippen molar-refractivity contribution in [3.63, 3.8) is 0 Å². The molecule has 176 valence electrons. The van der Waals surface area contributed by atoms with Gasteiger partial charge < -0.3 is 10.1 Å². The quantitative estimate of drug-likeness (QED) is 0.399. The predicted molar refractivity (Wildman–Crippen MR) is 117 cm³/mol. The van der Waals surface area contributed by atoms with E-state index in [1.54, 1.807) is 6.92 Å². The fourth-order valence-electron chi connectivity index (χ4n) is 3.58. The van der Waals surface area contributed by atoms with Crippen LogP contribution in [0.2, 0.25) is 0 Å². The molecule has 1 N–H and O–H groups in total. The van der Waals surface area contributed by atoms with Crippen molar-refractivity contribution in [2.75, 3.05) is 6.61 Å². The molecular formula is C24H20F4N4O2. The summed E-state index contributed by atoms with van der Waals surface area (Å²) in [4.78, 5) is 16.4. The highest BCUT2D eigenvalue weighted by Crippen LogP contribution is 2.40. The minimum absolute atomic E-state index is 0.0123. The second-order valence-electron chi connectivity index (χ2n) is 7.67. The first kappa shape index (κ1) is 23.2. The summed E-state index contributed by atoms with van der Waals surface area (Å²) < 4.78 is 61.7. The summed E-state index contributed by atoms with van der Waals surface area (Å²) in [5.74, 6) is -1.39. The van der Waals surface area contributed by atoms with E-state index in [0.717, 1.165) is 23.8 Å². The van der Waals surface area contributed by atoms with Gasteiger partial charge in [0.25, 0.3) is 5.91 Å². The lowest BCUT2D eigenvalue weighted by atomic mass is 10.0. The van der Waals surface area contributed by atoms with Gasteiger partial charge in [0.05, 0.1) is 17.0 Å². The van der Waals surface area contributed by atoms with Crippen LogP contribution in [0.3, 0.4) is 0 Å². The van der Waals surface area contributed by atoms with E-state index in [-0.39, 0.29) is 28.6 Å². The van der Waals surface area contributed by atoms with Gasteiger partial charge in [0.1, 0.15) is 11.5 Å². The van der Waals surface area contributed by atoms with Crippen LogP contribution in [0, 0.1) is 5.82 Å². The standard InChI is InChI=1S/C24H20F4N4O2/c1-14(15-6-4-3-5-7-15)29-19(33)13-34-20-12-18(24(26,27)28)21-22(31-32(2)23(21)30-20)16-8-10-17(25)11-9-16/h3-12,14H,13H2,1-2H3,(H,29,33)/t14-/m0/s1. The summed E-state index contributed by atoms with van der Waals surface area (Å²) in [6, 6.07) is 14.6. The smallest absolute Gasteiger partial charge is 0.417 e. The minimum Gasteiger partial charge on any atom is -0.467 e. The maximum Gasteiger partial charge on any atom is 0.417 e. The first-order valence-electron chi connectivity index (χ1n) is 10.3. The average Bonchev–Trinajstić information content (AvgIpc) is 3.14. The largest absolute Gasteiger partial charge is 0.467 e. The van der Waals surface area contributed by atoms with Crippen molar-refractivity contribution in [3.8, 4) is 17.1 Å². The van der Waals surface area contributed by atoms with Gasteiger partial charge in [-0.3, -0.25) is 4.79 Å². The lowest BCUT2D eigenvalue weighted by Crippen LogP contribution is -2.31. The van der Waals surface area contributed by atoms with E-state index in [4.69, 9.17) is 4.74 Å². The van der Waals surface area contributed by atoms with Crippen molar-refractivity contribution in [1.29, 1.82) is 0 Å². The molecule has 0 saturated heterocycles. The lowest BCUT2D eigenvalue weighted by Gasteiger charge is -2.15. The maximum atomic E-state index is 14.0. The Hall–Kier alpha value is -3.95. The summed E-state index contributed by atoms with van der Waals surface area (Å²) in [5.41, 5.74) is 0.0960. The SMILES string of the molecule is C[C@H](NC(=O)COc1cc(C(F)(F)F)c2c(-c3ccc(F)cc3)nn(C)c2n1)c1ccccc1. The van der Waals surface area contributed by atoms with E-state index in [2.05, 4.69) is 15.4 Å². The number of carbonyl (C=O) groups excluding carboxylic acids is 1. The number of fused-ring (bicyclic) bond motifs is 1. The van der Waals surface area contributed by atoms with Crippen molar-refractivity contribution in [1.82, 2.24) is 20.1 Å². The van der Waals surface area contributed by atoms with E-state index in [1.165, 1.54) is 23.9 Å². The Morgan fingerprint density at radius 2 is 1.79 bits per heavy atom. The molecule has 4 rings (SSSR count). The van der Waals surface area contributed by atoms with Crippen LogP contribution in [-0.4, -0.2) is 27.3 Å². The normalized spacial score (nSPS) is 12.5. The molecule has 0 spiro atoms. The van der Waals surface area contributed by atoms with Crippen LogP contribution in [0.25, 0.3) is 22.3 Å². The Balaban J connectivity index is 1.62. The van der Waals surface area contributed by atoms with E-state index < -0.39 is 30.1 Å². The molecule has 4 aromatic rings. The highest BCUT2D eigenvalue weighted by Gasteiger charge is 2.36. The molecule has 2 heterocycles. The number of nitrogens with one attached hydrogen (secondary N) is 1. The number of rotatable bonds is 6. The van der Waals surface area contributed by atoms with Gasteiger partial charge >= 0.3 is 6.18 Å². The fourth-order valence-corrected chi connectivity index (χ4v) is 3.58. The van der Waals surface area contributed by atoms with Crippen LogP contribution < -0.4 is 10.1 Å². The van der Waals surface area contributed by atoms with E-state index in [1.807, 2.05) is 30.3 Å². The Morgan fingerprint density at radius 1 is 1.12 bits per heavy atom. The van der Waals surface area contributed by atoms with Crippen molar-refractivity contribution in [2.24, 2.45) is 7.05 Å². The second kappa shape index (κ2) is 9.12. The van der Waals surface area contributed by atoms with E-state index in [9.17, 15) is 22.4 Å². The van der Waals surface area contributed by atoms with E-state index >= 15 is 0 Å². The molecule has 0 aliphatic carbocycles. The molecule has 0 aliphatic rings. The summed E-state index contributed by atoms with van der Waals surface area (Å²) in [6.45, 7) is 1.27. The highest BCUT2D eigenvalue weighted by atomic mass is 19.4. The van der Waals surface area contributed by atoms with Gasteiger partial charge in [-0.2, -0.15) is 23.3 Å². The zero-order valence-electron chi connectivity index (χ0n) is 18.2. The molecule has 6 nitrogen and oxygen atoms in total. The van der Waals surface area contributed by atoms with Gasteiger partial charge in [0, 0.05) is 18.7 Å². The molecule has 0 bridgehead atoms. The van der Waals surface area contributed by atoms with Crippen molar-refractivity contribution in [2.45, 2.75) is 19.1 Å². The maximum absolute atomic E-state index is 14.0. The summed E-state index contributed by atoms with van der Waals surface area (Å²) in [6.07, 6.45) is -4.75. The fraction of sp³-hybridized carbons (Fsp3) is 0.208. The molecule has 2 aromatic heterocycles. The summed E-state index contributed by atoms with van der Waals surface area (Å²) in [7, 11) is 1.44. The summed E-state index contributed by atoms with van der Waals surface area (Å²) in [5, 5.41) is 6.66. The average molecular weight is 472 g/mol. The number of benzene rings is 2. The highest BCUT2D eigenvalue weighted by molar-refractivity contribution is 5.94. The Bertz CT molecular complexity index is 1320. The number of carbonyl (C=O) groups is 1. The number of aromatic nitrogens is 3. The second-order valence-corrected chi connectivity index (χ2v) is 7.67. The van der Waals surface area contributed by atoms with Crippen LogP contribution in [0.5, 0.6) is 5.88 Å².